The summed E-state index contributed by atoms with van der Waals surface area (Å²) >= 11 is 0. The van der Waals surface area contributed by atoms with E-state index in [1.165, 1.54) is 24.8 Å². The largest absolute Gasteiger partial charge is 0.312 e. The fourth-order valence-electron chi connectivity index (χ4n) is 1.97. The van der Waals surface area contributed by atoms with Crippen LogP contribution >= 0.6 is 0 Å². The van der Waals surface area contributed by atoms with Crippen molar-refractivity contribution in [2.24, 2.45) is 5.92 Å². The summed E-state index contributed by atoms with van der Waals surface area (Å²) in [6, 6.07) is 4.10. The zero-order valence-corrected chi connectivity index (χ0v) is 9.02. The maximum absolute atomic E-state index is 4.10. The quantitative estimate of drug-likeness (QED) is 0.759. The van der Waals surface area contributed by atoms with E-state index < -0.39 is 0 Å². The Morgan fingerprint density at radius 2 is 2.40 bits per heavy atom. The highest BCUT2D eigenvalue weighted by atomic mass is 14.9. The molecule has 15 heavy (non-hydrogen) atoms. The average Bonchev–Trinajstić information content (AvgIpc) is 2.32. The van der Waals surface area contributed by atoms with Crippen LogP contribution in [0.25, 0.3) is 0 Å². The molecule has 2 heteroatoms. The number of aromatic nitrogens is 1. The minimum absolute atomic E-state index is 0.826. The van der Waals surface area contributed by atoms with Crippen molar-refractivity contribution in [3.05, 3.63) is 42.2 Å². The Bertz CT molecular complexity index is 306. The number of allylic oxidation sites excluding steroid dienone is 2. The van der Waals surface area contributed by atoms with Gasteiger partial charge in [0.2, 0.25) is 0 Å². The highest BCUT2D eigenvalue weighted by molar-refractivity contribution is 5.07. The average molecular weight is 202 g/mol. The first-order chi connectivity index (χ1) is 7.45. The van der Waals surface area contributed by atoms with Gasteiger partial charge in [-0.2, -0.15) is 0 Å². The maximum atomic E-state index is 4.10. The third-order valence-corrected chi connectivity index (χ3v) is 2.86. The first-order valence-electron chi connectivity index (χ1n) is 5.70. The molecule has 0 unspecified atom stereocenters. The Morgan fingerprint density at radius 1 is 1.40 bits per heavy atom. The number of hydrogen-bond donors (Lipinski definition) is 1. The summed E-state index contributed by atoms with van der Waals surface area (Å²) in [7, 11) is 0. The Hall–Kier alpha value is -1.15. The van der Waals surface area contributed by atoms with Crippen LogP contribution in [-0.2, 0) is 6.54 Å². The van der Waals surface area contributed by atoms with Crippen molar-refractivity contribution >= 4 is 0 Å². The topological polar surface area (TPSA) is 24.9 Å². The fourth-order valence-corrected chi connectivity index (χ4v) is 1.97. The van der Waals surface area contributed by atoms with E-state index in [4.69, 9.17) is 0 Å². The van der Waals surface area contributed by atoms with Gasteiger partial charge in [0.15, 0.2) is 0 Å². The Kier molecular flexibility index (Phi) is 3.92. The molecule has 0 amide bonds. The molecule has 0 saturated carbocycles. The molecule has 0 radical (unpaired) electrons. The van der Waals surface area contributed by atoms with Gasteiger partial charge in [0, 0.05) is 18.9 Å². The highest BCUT2D eigenvalue weighted by Crippen LogP contribution is 2.16. The molecule has 2 nitrogen and oxygen atoms in total. The molecule has 0 bridgehead atoms. The summed E-state index contributed by atoms with van der Waals surface area (Å²) < 4.78 is 0. The summed E-state index contributed by atoms with van der Waals surface area (Å²) in [4.78, 5) is 4.10. The van der Waals surface area contributed by atoms with Crippen LogP contribution in [0.5, 0.6) is 0 Å². The van der Waals surface area contributed by atoms with Crippen LogP contribution in [-0.4, -0.2) is 11.5 Å². The predicted octanol–water partition coefficient (Wildman–Crippen LogP) is 2.53. The van der Waals surface area contributed by atoms with E-state index in [2.05, 4.69) is 28.5 Å². The van der Waals surface area contributed by atoms with Gasteiger partial charge in [0.05, 0.1) is 0 Å². The standard InChI is InChI=1S/C13H18N2/c1-2-5-12(6-3-1)9-15-11-13-7-4-8-14-10-13/h1-2,4,7-8,10,12,15H,3,5-6,9,11H2/t12-/m0/s1. The van der Waals surface area contributed by atoms with E-state index in [-0.39, 0.29) is 0 Å². The monoisotopic (exact) mass is 202 g/mol. The SMILES string of the molecule is C1=CC[C@H](CNCc2cccnc2)CC1. The molecule has 0 aromatic carbocycles. The second-order valence-electron chi connectivity index (χ2n) is 4.14. The van der Waals surface area contributed by atoms with E-state index in [0.717, 1.165) is 19.0 Å². The minimum atomic E-state index is 0.826. The molecule has 1 N–H and O–H groups in total. The predicted molar refractivity (Wildman–Crippen MR) is 62.4 cm³/mol. The van der Waals surface area contributed by atoms with Crippen molar-refractivity contribution in [2.75, 3.05) is 6.54 Å². The van der Waals surface area contributed by atoms with Crippen molar-refractivity contribution < 1.29 is 0 Å². The lowest BCUT2D eigenvalue weighted by atomic mass is 9.94. The van der Waals surface area contributed by atoms with Gasteiger partial charge in [-0.25, -0.2) is 0 Å². The first-order valence-corrected chi connectivity index (χ1v) is 5.70. The molecule has 0 fully saturated rings. The van der Waals surface area contributed by atoms with Crippen LogP contribution in [0.15, 0.2) is 36.7 Å². The van der Waals surface area contributed by atoms with Gasteiger partial charge >= 0.3 is 0 Å². The molecule has 0 saturated heterocycles. The van der Waals surface area contributed by atoms with Crippen molar-refractivity contribution in [1.29, 1.82) is 0 Å². The number of nitrogens with zero attached hydrogens (tertiary/aromatic N) is 1. The first kappa shape index (κ1) is 10.4. The van der Waals surface area contributed by atoms with Crippen LogP contribution in [0.3, 0.4) is 0 Å². The summed E-state index contributed by atoms with van der Waals surface area (Å²) in [5.41, 5.74) is 1.27. The maximum Gasteiger partial charge on any atom is 0.0312 e. The molecule has 1 aliphatic rings. The van der Waals surface area contributed by atoms with Gasteiger partial charge in [-0.05, 0) is 43.4 Å². The highest BCUT2D eigenvalue weighted by Gasteiger charge is 2.08. The van der Waals surface area contributed by atoms with Crippen LogP contribution in [0.2, 0.25) is 0 Å². The van der Waals surface area contributed by atoms with Crippen molar-refractivity contribution in [2.45, 2.75) is 25.8 Å². The minimum Gasteiger partial charge on any atom is -0.312 e. The summed E-state index contributed by atoms with van der Waals surface area (Å²) in [6.45, 7) is 2.06. The van der Waals surface area contributed by atoms with E-state index in [1.807, 2.05) is 18.5 Å². The second-order valence-corrected chi connectivity index (χ2v) is 4.14. The van der Waals surface area contributed by atoms with Crippen LogP contribution < -0.4 is 5.32 Å². The molecule has 2 rings (SSSR count). The van der Waals surface area contributed by atoms with Gasteiger partial charge in [-0.1, -0.05) is 18.2 Å². The normalized spacial score (nSPS) is 20.4. The molecule has 0 spiro atoms. The molecular weight excluding hydrogens is 184 g/mol. The van der Waals surface area contributed by atoms with Crippen LogP contribution in [0, 0.1) is 5.92 Å². The molecular formula is C13H18N2. The molecule has 1 atom stereocenters. The van der Waals surface area contributed by atoms with Crippen molar-refractivity contribution in [1.82, 2.24) is 10.3 Å². The van der Waals surface area contributed by atoms with E-state index >= 15 is 0 Å². The molecule has 1 aromatic heterocycles. The smallest absolute Gasteiger partial charge is 0.0312 e. The third kappa shape index (κ3) is 3.48. The molecule has 1 heterocycles. The molecule has 80 valence electrons. The van der Waals surface area contributed by atoms with E-state index in [0.29, 0.717) is 0 Å². The van der Waals surface area contributed by atoms with Crippen LogP contribution in [0.4, 0.5) is 0 Å². The van der Waals surface area contributed by atoms with Gasteiger partial charge in [0.25, 0.3) is 0 Å². The summed E-state index contributed by atoms with van der Waals surface area (Å²) in [6.07, 6.45) is 12.1. The second kappa shape index (κ2) is 5.66. The third-order valence-electron chi connectivity index (χ3n) is 2.86. The van der Waals surface area contributed by atoms with E-state index in [1.54, 1.807) is 0 Å². The number of pyridine rings is 1. The molecule has 0 aliphatic heterocycles. The Balaban J connectivity index is 1.68. The number of nitrogens with one attached hydrogen (secondary N) is 1. The Labute approximate surface area is 91.4 Å². The molecule has 1 aromatic rings. The Morgan fingerprint density at radius 3 is 3.13 bits per heavy atom. The van der Waals surface area contributed by atoms with Crippen molar-refractivity contribution in [3.63, 3.8) is 0 Å². The zero-order chi connectivity index (χ0) is 10.3. The number of rotatable bonds is 4. The van der Waals surface area contributed by atoms with Gasteiger partial charge in [-0.15, -0.1) is 0 Å². The zero-order valence-electron chi connectivity index (χ0n) is 9.02. The lowest BCUT2D eigenvalue weighted by Gasteiger charge is -2.18. The number of hydrogen-bond acceptors (Lipinski definition) is 2. The van der Waals surface area contributed by atoms with Gasteiger partial charge in [-0.3, -0.25) is 4.98 Å². The summed E-state index contributed by atoms with van der Waals surface area (Å²) in [5, 5.41) is 3.50. The van der Waals surface area contributed by atoms with Gasteiger partial charge in [0.1, 0.15) is 0 Å². The van der Waals surface area contributed by atoms with Crippen LogP contribution in [0.1, 0.15) is 24.8 Å². The lowest BCUT2D eigenvalue weighted by molar-refractivity contribution is 0.440. The lowest BCUT2D eigenvalue weighted by Crippen LogP contribution is -2.23. The fraction of sp³-hybridized carbons (Fsp3) is 0.462. The van der Waals surface area contributed by atoms with E-state index in [9.17, 15) is 0 Å². The van der Waals surface area contributed by atoms with Gasteiger partial charge < -0.3 is 5.32 Å². The van der Waals surface area contributed by atoms with Crippen molar-refractivity contribution in [3.8, 4) is 0 Å². The summed E-state index contributed by atoms with van der Waals surface area (Å²) in [5.74, 6) is 0.826. The molecule has 1 aliphatic carbocycles.